The van der Waals surface area contributed by atoms with Crippen LogP contribution in [0, 0.1) is 32.1 Å². The average molecular weight is 438 g/mol. The van der Waals surface area contributed by atoms with Crippen LogP contribution in [0.25, 0.3) is 0 Å². The van der Waals surface area contributed by atoms with Crippen LogP contribution in [0.4, 0.5) is 16.5 Å². The first-order chi connectivity index (χ1) is 14.5. The van der Waals surface area contributed by atoms with Crippen LogP contribution in [0.1, 0.15) is 23.1 Å². The lowest BCUT2D eigenvalue weighted by molar-refractivity contribution is -0.116. The smallest absolute Gasteiger partial charge is 0.237 e. The van der Waals surface area contributed by atoms with Crippen molar-refractivity contribution in [2.75, 3.05) is 22.5 Å². The van der Waals surface area contributed by atoms with E-state index in [4.69, 9.17) is 5.26 Å². The number of aromatic nitrogens is 2. The molecular formula is C22H23N5OS2. The Labute approximate surface area is 185 Å². The summed E-state index contributed by atoms with van der Waals surface area (Å²) in [6.07, 6.45) is 0.285. The Bertz CT molecular complexity index is 1060. The minimum absolute atomic E-state index is 0.0574. The molecule has 0 spiro atoms. The van der Waals surface area contributed by atoms with Gasteiger partial charge >= 0.3 is 0 Å². The van der Waals surface area contributed by atoms with Gasteiger partial charge in [0, 0.05) is 17.9 Å². The molecule has 0 unspecified atom stereocenters. The molecule has 0 fully saturated rings. The Kier molecular flexibility index (Phi) is 7.44. The van der Waals surface area contributed by atoms with Crippen LogP contribution >= 0.6 is 23.1 Å². The zero-order chi connectivity index (χ0) is 21.5. The number of aryl methyl sites for hydroxylation is 3. The van der Waals surface area contributed by atoms with E-state index in [2.05, 4.69) is 47.6 Å². The highest BCUT2D eigenvalue weighted by molar-refractivity contribution is 8.01. The van der Waals surface area contributed by atoms with Crippen molar-refractivity contribution in [3.05, 3.63) is 59.2 Å². The fourth-order valence-electron chi connectivity index (χ4n) is 2.75. The van der Waals surface area contributed by atoms with Crippen LogP contribution < -0.4 is 10.2 Å². The third-order valence-electron chi connectivity index (χ3n) is 4.58. The number of nitrogens with zero attached hydrogens (tertiary/aromatic N) is 4. The summed E-state index contributed by atoms with van der Waals surface area (Å²) in [6, 6.07) is 16.0. The first kappa shape index (κ1) is 21.8. The van der Waals surface area contributed by atoms with Gasteiger partial charge in [0.25, 0.3) is 0 Å². The van der Waals surface area contributed by atoms with Crippen LogP contribution in [-0.2, 0) is 4.79 Å². The Balaban J connectivity index is 1.62. The number of hydrogen-bond acceptors (Lipinski definition) is 7. The van der Waals surface area contributed by atoms with Gasteiger partial charge < -0.3 is 10.2 Å². The number of nitrogens with one attached hydrogen (secondary N) is 1. The first-order valence-corrected chi connectivity index (χ1v) is 11.3. The molecule has 1 aromatic heterocycles. The standard InChI is InChI=1S/C22H23N5OS2/c1-15-5-9-19(10-6-15)27(12-4-11-23)20(28)14-29-22-26-25-21(30-22)24-18-8-7-16(2)17(3)13-18/h5-10,13H,4,12,14H2,1-3H3,(H,24,25). The van der Waals surface area contributed by atoms with Gasteiger partial charge in [0.05, 0.1) is 18.2 Å². The molecule has 6 nitrogen and oxygen atoms in total. The van der Waals surface area contributed by atoms with E-state index >= 15 is 0 Å². The van der Waals surface area contributed by atoms with Gasteiger partial charge in [-0.25, -0.2) is 0 Å². The number of nitriles is 1. The normalized spacial score (nSPS) is 10.5. The average Bonchev–Trinajstić information content (AvgIpc) is 3.18. The second-order valence-electron chi connectivity index (χ2n) is 6.87. The molecule has 0 aliphatic heterocycles. The number of thioether (sulfide) groups is 1. The molecule has 0 aliphatic carbocycles. The maximum absolute atomic E-state index is 12.8. The van der Waals surface area contributed by atoms with E-state index in [1.807, 2.05) is 37.3 Å². The van der Waals surface area contributed by atoms with Crippen molar-refractivity contribution in [2.24, 2.45) is 0 Å². The van der Waals surface area contributed by atoms with Crippen molar-refractivity contribution in [3.8, 4) is 6.07 Å². The molecule has 0 aliphatic rings. The van der Waals surface area contributed by atoms with Crippen molar-refractivity contribution >= 4 is 45.5 Å². The SMILES string of the molecule is Cc1ccc(N(CCC#N)C(=O)CSc2nnc(Nc3ccc(C)c(C)c3)s2)cc1. The lowest BCUT2D eigenvalue weighted by Gasteiger charge is -2.21. The zero-order valence-electron chi connectivity index (χ0n) is 17.2. The minimum Gasteiger partial charge on any atom is -0.330 e. The van der Waals surface area contributed by atoms with E-state index in [9.17, 15) is 4.79 Å². The highest BCUT2D eigenvalue weighted by Gasteiger charge is 2.17. The molecular weight excluding hydrogens is 414 g/mol. The summed E-state index contributed by atoms with van der Waals surface area (Å²) in [6.45, 7) is 6.51. The minimum atomic E-state index is -0.0574. The monoisotopic (exact) mass is 437 g/mol. The summed E-state index contributed by atoms with van der Waals surface area (Å²) in [5.41, 5.74) is 5.33. The topological polar surface area (TPSA) is 81.9 Å². The lowest BCUT2D eigenvalue weighted by atomic mass is 10.1. The summed E-state index contributed by atoms with van der Waals surface area (Å²) in [7, 11) is 0. The van der Waals surface area contributed by atoms with Crippen molar-refractivity contribution in [1.29, 1.82) is 5.26 Å². The summed E-state index contributed by atoms with van der Waals surface area (Å²) in [5.74, 6) is 0.176. The lowest BCUT2D eigenvalue weighted by Crippen LogP contribution is -2.33. The second-order valence-corrected chi connectivity index (χ2v) is 9.07. The van der Waals surface area contributed by atoms with Crippen LogP contribution in [0.15, 0.2) is 46.8 Å². The van der Waals surface area contributed by atoms with Crippen LogP contribution in [0.2, 0.25) is 0 Å². The van der Waals surface area contributed by atoms with Crippen LogP contribution in [-0.4, -0.2) is 28.4 Å². The number of carbonyl (C=O) groups excluding carboxylic acids is 1. The fourth-order valence-corrected chi connectivity index (χ4v) is 4.40. The summed E-state index contributed by atoms with van der Waals surface area (Å²) < 4.78 is 0.721. The molecule has 3 aromatic rings. The van der Waals surface area contributed by atoms with E-state index in [1.54, 1.807) is 4.90 Å². The number of benzene rings is 2. The van der Waals surface area contributed by atoms with Crippen molar-refractivity contribution in [1.82, 2.24) is 10.2 Å². The Morgan fingerprint density at radius 1 is 1.13 bits per heavy atom. The van der Waals surface area contributed by atoms with E-state index in [0.29, 0.717) is 11.7 Å². The molecule has 154 valence electrons. The number of amides is 1. The molecule has 3 rings (SSSR count). The number of rotatable bonds is 8. The van der Waals surface area contributed by atoms with Gasteiger partial charge in [0.2, 0.25) is 11.0 Å². The predicted molar refractivity (Wildman–Crippen MR) is 124 cm³/mol. The molecule has 8 heteroatoms. The van der Waals surface area contributed by atoms with Gasteiger partial charge in [-0.15, -0.1) is 10.2 Å². The van der Waals surface area contributed by atoms with Crippen LogP contribution in [0.3, 0.4) is 0 Å². The largest absolute Gasteiger partial charge is 0.330 e. The molecule has 0 radical (unpaired) electrons. The molecule has 30 heavy (non-hydrogen) atoms. The van der Waals surface area contributed by atoms with Crippen molar-refractivity contribution in [3.63, 3.8) is 0 Å². The molecule has 1 N–H and O–H groups in total. The molecule has 1 heterocycles. The Morgan fingerprint density at radius 2 is 1.90 bits per heavy atom. The number of carbonyl (C=O) groups is 1. The molecule has 0 atom stereocenters. The fraction of sp³-hybridized carbons (Fsp3) is 0.273. The number of hydrogen-bond donors (Lipinski definition) is 1. The van der Waals surface area contributed by atoms with Gasteiger partial charge in [-0.05, 0) is 56.2 Å². The number of anilines is 3. The highest BCUT2D eigenvalue weighted by atomic mass is 32.2. The van der Waals surface area contributed by atoms with E-state index in [0.717, 1.165) is 21.3 Å². The van der Waals surface area contributed by atoms with Crippen LogP contribution in [0.5, 0.6) is 0 Å². The third-order valence-corrected chi connectivity index (χ3v) is 6.53. The Morgan fingerprint density at radius 3 is 2.60 bits per heavy atom. The van der Waals surface area contributed by atoms with E-state index < -0.39 is 0 Å². The summed E-state index contributed by atoms with van der Waals surface area (Å²) >= 11 is 2.77. The van der Waals surface area contributed by atoms with Gasteiger partial charge in [-0.3, -0.25) is 4.79 Å². The molecule has 2 aromatic carbocycles. The highest BCUT2D eigenvalue weighted by Crippen LogP contribution is 2.29. The van der Waals surface area contributed by atoms with Gasteiger partial charge in [-0.2, -0.15) is 5.26 Å². The molecule has 0 saturated carbocycles. The Hall–Kier alpha value is -2.89. The van der Waals surface area contributed by atoms with Crippen molar-refractivity contribution < 1.29 is 4.79 Å². The molecule has 0 saturated heterocycles. The zero-order valence-corrected chi connectivity index (χ0v) is 18.8. The molecule has 1 amide bonds. The van der Waals surface area contributed by atoms with E-state index in [-0.39, 0.29) is 18.1 Å². The molecule has 0 bridgehead atoms. The predicted octanol–water partition coefficient (Wildman–Crippen LogP) is 5.25. The van der Waals surface area contributed by atoms with Crippen molar-refractivity contribution in [2.45, 2.75) is 31.5 Å². The summed E-state index contributed by atoms with van der Waals surface area (Å²) in [4.78, 5) is 14.5. The first-order valence-electron chi connectivity index (χ1n) is 9.51. The maximum Gasteiger partial charge on any atom is 0.237 e. The van der Waals surface area contributed by atoms with Gasteiger partial charge in [0.1, 0.15) is 0 Å². The van der Waals surface area contributed by atoms with E-state index in [1.165, 1.54) is 34.2 Å². The second kappa shape index (κ2) is 10.2. The van der Waals surface area contributed by atoms with Gasteiger partial charge in [-0.1, -0.05) is 46.9 Å². The quantitative estimate of drug-likeness (QED) is 0.485. The summed E-state index contributed by atoms with van der Waals surface area (Å²) in [5, 5.41) is 21.2. The van der Waals surface area contributed by atoms with Gasteiger partial charge in [0.15, 0.2) is 4.34 Å². The maximum atomic E-state index is 12.8. The third kappa shape index (κ3) is 5.81.